The van der Waals surface area contributed by atoms with Crippen LogP contribution in [-0.4, -0.2) is 42.7 Å². The van der Waals surface area contributed by atoms with Crippen LogP contribution < -0.4 is 21.4 Å². The van der Waals surface area contributed by atoms with Crippen LogP contribution in [0.25, 0.3) is 11.0 Å². The molecule has 11 nitrogen and oxygen atoms in total. The van der Waals surface area contributed by atoms with Gasteiger partial charge in [0.25, 0.3) is 6.29 Å². The Morgan fingerprint density at radius 3 is 2.63 bits per heavy atom. The number of nitrogens with two attached hydrogens (primary N) is 1. The summed E-state index contributed by atoms with van der Waals surface area (Å²) in [7, 11) is 1.33. The van der Waals surface area contributed by atoms with Crippen molar-refractivity contribution in [3.8, 4) is 5.75 Å². The molecule has 0 radical (unpaired) electrons. The summed E-state index contributed by atoms with van der Waals surface area (Å²) in [6.45, 7) is 2.82. The van der Waals surface area contributed by atoms with E-state index in [0.29, 0.717) is 5.39 Å². The number of aliphatic hydroxyl groups is 1. The number of carbonyl (C=O) groups excluding carboxylic acids is 2. The summed E-state index contributed by atoms with van der Waals surface area (Å²) in [4.78, 5) is 34.4. The fraction of sp³-hybridized carbons (Fsp3) is 0.316. The maximum absolute atomic E-state index is 12.0. The van der Waals surface area contributed by atoms with Gasteiger partial charge in [-0.05, 0) is 25.1 Å². The molecule has 0 saturated carbocycles. The van der Waals surface area contributed by atoms with Crippen LogP contribution in [0.3, 0.4) is 0 Å². The van der Waals surface area contributed by atoms with E-state index in [9.17, 15) is 19.5 Å². The molecule has 2 amide bonds. The molecule has 30 heavy (non-hydrogen) atoms. The molecule has 0 aliphatic carbocycles. The first-order valence-corrected chi connectivity index (χ1v) is 8.77. The second kappa shape index (κ2) is 8.33. The number of benzene rings is 1. The topological polar surface area (TPSA) is 160 Å². The van der Waals surface area contributed by atoms with Crippen LogP contribution in [0.1, 0.15) is 13.8 Å². The van der Waals surface area contributed by atoms with Crippen LogP contribution in [0.4, 0.5) is 10.5 Å². The minimum Gasteiger partial charge on any atom is -0.494 e. The molecule has 0 saturated heterocycles. The smallest absolute Gasteiger partial charge is 0.405 e. The lowest BCUT2D eigenvalue weighted by atomic mass is 10.1. The molecule has 160 valence electrons. The number of nitrogens with one attached hydrogen (secondary N) is 1. The van der Waals surface area contributed by atoms with E-state index in [1.54, 1.807) is 19.1 Å². The number of methoxy groups -OCH3 is 1. The number of rotatable bonds is 5. The predicted octanol–water partition coefficient (Wildman–Crippen LogP) is 1.19. The zero-order valence-electron chi connectivity index (χ0n) is 16.3. The maximum atomic E-state index is 12.0. The summed E-state index contributed by atoms with van der Waals surface area (Å²) >= 11 is 0. The fourth-order valence-electron chi connectivity index (χ4n) is 2.98. The Bertz CT molecular complexity index is 1080. The molecular formula is C19H20N2O9. The van der Waals surface area contributed by atoms with Gasteiger partial charge in [-0.15, -0.1) is 0 Å². The van der Waals surface area contributed by atoms with E-state index >= 15 is 0 Å². The maximum Gasteiger partial charge on any atom is 0.405 e. The number of aliphatic hydroxyl groups excluding tert-OH is 1. The van der Waals surface area contributed by atoms with E-state index in [-0.39, 0.29) is 28.5 Å². The van der Waals surface area contributed by atoms with Gasteiger partial charge in [0.15, 0.2) is 18.0 Å². The van der Waals surface area contributed by atoms with Crippen molar-refractivity contribution in [2.24, 2.45) is 5.73 Å². The summed E-state index contributed by atoms with van der Waals surface area (Å²) in [6, 6.07) is 6.02. The molecule has 11 heteroatoms. The zero-order valence-corrected chi connectivity index (χ0v) is 16.3. The molecule has 2 aromatic rings. The van der Waals surface area contributed by atoms with Gasteiger partial charge in [-0.1, -0.05) is 0 Å². The van der Waals surface area contributed by atoms with E-state index < -0.39 is 36.1 Å². The van der Waals surface area contributed by atoms with Gasteiger partial charge in [0.05, 0.1) is 7.11 Å². The Kier molecular flexibility index (Phi) is 5.83. The van der Waals surface area contributed by atoms with Gasteiger partial charge in [-0.25, -0.2) is 9.59 Å². The van der Waals surface area contributed by atoms with Gasteiger partial charge < -0.3 is 39.5 Å². The van der Waals surface area contributed by atoms with Crippen molar-refractivity contribution in [3.05, 3.63) is 46.2 Å². The number of amides is 2. The van der Waals surface area contributed by atoms with Crippen molar-refractivity contribution in [2.45, 2.75) is 32.3 Å². The zero-order chi connectivity index (χ0) is 22.0. The van der Waals surface area contributed by atoms with Crippen molar-refractivity contribution in [1.82, 2.24) is 0 Å². The molecule has 3 rings (SSSR count). The van der Waals surface area contributed by atoms with Gasteiger partial charge in [0.2, 0.25) is 5.91 Å². The number of primary amides is 1. The van der Waals surface area contributed by atoms with Crippen LogP contribution in [0.2, 0.25) is 0 Å². The van der Waals surface area contributed by atoms with Gasteiger partial charge in [0, 0.05) is 18.4 Å². The molecular weight excluding hydrogens is 400 g/mol. The quantitative estimate of drug-likeness (QED) is 0.604. The molecule has 0 bridgehead atoms. The van der Waals surface area contributed by atoms with E-state index in [1.807, 2.05) is 0 Å². The summed E-state index contributed by atoms with van der Waals surface area (Å²) in [5, 5.41) is 13.4. The number of allylic oxidation sites excluding steroid dienone is 1. The normalized spacial score (nSPS) is 21.0. The highest BCUT2D eigenvalue weighted by molar-refractivity contribution is 5.91. The number of fused-ring (bicyclic) bond motifs is 1. The van der Waals surface area contributed by atoms with Crippen LogP contribution in [0, 0.1) is 0 Å². The van der Waals surface area contributed by atoms with E-state index in [0.717, 1.165) is 0 Å². The first-order valence-electron chi connectivity index (χ1n) is 8.77. The van der Waals surface area contributed by atoms with Crippen LogP contribution >= 0.6 is 0 Å². The SMILES string of the molecule is COC1=C(C)OC(Oc2ccc3cc(NC(C)=O)c(=O)oc3c2)C(O)C1OC(N)=O. The summed E-state index contributed by atoms with van der Waals surface area (Å²) in [5.74, 6) is 0.118. The molecule has 1 aliphatic heterocycles. The molecule has 4 N–H and O–H groups in total. The summed E-state index contributed by atoms with van der Waals surface area (Å²) in [6.07, 6.45) is -5.06. The van der Waals surface area contributed by atoms with Gasteiger partial charge in [-0.3, -0.25) is 4.79 Å². The minimum atomic E-state index is -1.46. The van der Waals surface area contributed by atoms with Gasteiger partial charge in [-0.2, -0.15) is 0 Å². The minimum absolute atomic E-state index is 0.00834. The third kappa shape index (κ3) is 4.30. The molecule has 2 heterocycles. The molecule has 3 atom stereocenters. The fourth-order valence-corrected chi connectivity index (χ4v) is 2.98. The molecule has 0 fully saturated rings. The van der Waals surface area contributed by atoms with E-state index in [2.05, 4.69) is 5.32 Å². The number of hydrogen-bond donors (Lipinski definition) is 3. The lowest BCUT2D eigenvalue weighted by Gasteiger charge is -2.35. The standard InChI is InChI=1S/C19H20N2O9/c1-8-15(26-3)16(30-19(20)25)14(23)18(27-8)28-11-5-4-10-6-12(21-9(2)22)17(24)29-13(10)7-11/h4-7,14,16,18,23H,1-3H3,(H2,20,25)(H,21,22). The summed E-state index contributed by atoms with van der Waals surface area (Å²) in [5.41, 5.74) is 4.53. The summed E-state index contributed by atoms with van der Waals surface area (Å²) < 4.78 is 26.4. The van der Waals surface area contributed by atoms with Crippen molar-refractivity contribution >= 4 is 28.7 Å². The van der Waals surface area contributed by atoms with Crippen molar-refractivity contribution in [3.63, 3.8) is 0 Å². The third-order valence-electron chi connectivity index (χ3n) is 4.22. The molecule has 1 aromatic carbocycles. The highest BCUT2D eigenvalue weighted by atomic mass is 16.7. The van der Waals surface area contributed by atoms with Crippen LogP contribution in [0.5, 0.6) is 5.75 Å². The number of carbonyl (C=O) groups is 2. The van der Waals surface area contributed by atoms with Crippen molar-refractivity contribution < 1.29 is 38.1 Å². The highest BCUT2D eigenvalue weighted by Gasteiger charge is 2.43. The first-order chi connectivity index (χ1) is 14.2. The second-order valence-electron chi connectivity index (χ2n) is 6.41. The molecule has 0 spiro atoms. The number of ether oxygens (including phenoxy) is 4. The average molecular weight is 420 g/mol. The first kappa shape index (κ1) is 21.0. The monoisotopic (exact) mass is 420 g/mol. The van der Waals surface area contributed by atoms with Crippen LogP contribution in [-0.2, 0) is 19.0 Å². The molecule has 1 aliphatic rings. The Morgan fingerprint density at radius 1 is 1.27 bits per heavy atom. The Balaban J connectivity index is 1.88. The average Bonchev–Trinajstić information content (AvgIpc) is 2.66. The third-order valence-corrected chi connectivity index (χ3v) is 4.22. The Hall–Kier alpha value is -3.73. The van der Waals surface area contributed by atoms with Crippen molar-refractivity contribution in [1.29, 1.82) is 0 Å². The van der Waals surface area contributed by atoms with Gasteiger partial charge >= 0.3 is 11.7 Å². The van der Waals surface area contributed by atoms with Crippen LogP contribution in [0.15, 0.2) is 45.0 Å². The van der Waals surface area contributed by atoms with Crippen molar-refractivity contribution in [2.75, 3.05) is 12.4 Å². The van der Waals surface area contributed by atoms with Gasteiger partial charge in [0.1, 0.15) is 22.8 Å². The molecule has 1 aromatic heterocycles. The Labute approximate surface area is 169 Å². The molecule has 3 unspecified atom stereocenters. The lowest BCUT2D eigenvalue weighted by molar-refractivity contribution is -0.174. The van der Waals surface area contributed by atoms with E-state index in [1.165, 1.54) is 26.2 Å². The lowest BCUT2D eigenvalue weighted by Crippen LogP contribution is -2.49. The van der Waals surface area contributed by atoms with E-state index in [4.69, 9.17) is 29.1 Å². The number of hydrogen-bond acceptors (Lipinski definition) is 9. The highest BCUT2D eigenvalue weighted by Crippen LogP contribution is 2.30. The Morgan fingerprint density at radius 2 is 2.00 bits per heavy atom. The largest absolute Gasteiger partial charge is 0.494 e. The predicted molar refractivity (Wildman–Crippen MR) is 102 cm³/mol. The number of anilines is 1. The second-order valence-corrected chi connectivity index (χ2v) is 6.41.